The van der Waals surface area contributed by atoms with Gasteiger partial charge in [-0.25, -0.2) is 0 Å². The summed E-state index contributed by atoms with van der Waals surface area (Å²) in [5, 5.41) is 0. The van der Waals surface area contributed by atoms with Crippen LogP contribution in [0.4, 0.5) is 0 Å². The summed E-state index contributed by atoms with van der Waals surface area (Å²) in [5.41, 5.74) is 10.4. The molecule has 0 aromatic heterocycles. The quantitative estimate of drug-likeness (QED) is 0.885. The van der Waals surface area contributed by atoms with Gasteiger partial charge in [-0.3, -0.25) is 0 Å². The van der Waals surface area contributed by atoms with Gasteiger partial charge in [0.05, 0.1) is 0 Å². The number of piperidine rings is 1. The lowest BCUT2D eigenvalue weighted by molar-refractivity contribution is 0.215. The van der Waals surface area contributed by atoms with Crippen LogP contribution < -0.4 is 5.73 Å². The van der Waals surface area contributed by atoms with Crippen molar-refractivity contribution in [1.29, 1.82) is 0 Å². The molecular formula is C16H26N2. The largest absolute Gasteiger partial charge is 0.326 e. The van der Waals surface area contributed by atoms with E-state index < -0.39 is 0 Å². The minimum atomic E-state index is 0.268. The molecule has 0 bridgehead atoms. The molecule has 2 nitrogen and oxygen atoms in total. The van der Waals surface area contributed by atoms with Crippen molar-refractivity contribution in [3.05, 3.63) is 34.9 Å². The van der Waals surface area contributed by atoms with Gasteiger partial charge in [0.1, 0.15) is 0 Å². The lowest BCUT2D eigenvalue weighted by Crippen LogP contribution is -2.41. The maximum Gasteiger partial charge on any atom is 0.0208 e. The molecule has 0 spiro atoms. The van der Waals surface area contributed by atoms with Gasteiger partial charge in [0.2, 0.25) is 0 Å². The number of rotatable bonds is 4. The third-order valence-corrected chi connectivity index (χ3v) is 3.92. The van der Waals surface area contributed by atoms with Crippen molar-refractivity contribution in [3.63, 3.8) is 0 Å². The molecule has 1 atom stereocenters. The molecule has 1 aliphatic rings. The molecule has 100 valence electrons. The third-order valence-electron chi connectivity index (χ3n) is 3.92. The van der Waals surface area contributed by atoms with E-state index in [0.29, 0.717) is 0 Å². The van der Waals surface area contributed by atoms with Crippen molar-refractivity contribution >= 4 is 0 Å². The standard InChI is InChI=1S/C16H26N2/c1-13-6-7-15(14(2)10-13)11-16(17)12-18-8-4-3-5-9-18/h6-7,10,16H,3-5,8-9,11-12,17H2,1-2H3. The van der Waals surface area contributed by atoms with E-state index >= 15 is 0 Å². The van der Waals surface area contributed by atoms with Gasteiger partial charge in [0, 0.05) is 12.6 Å². The van der Waals surface area contributed by atoms with Gasteiger partial charge in [-0.1, -0.05) is 30.2 Å². The summed E-state index contributed by atoms with van der Waals surface area (Å²) in [6.07, 6.45) is 5.08. The van der Waals surface area contributed by atoms with Crippen molar-refractivity contribution < 1.29 is 0 Å². The highest BCUT2D eigenvalue weighted by atomic mass is 15.1. The predicted molar refractivity (Wildman–Crippen MR) is 77.9 cm³/mol. The van der Waals surface area contributed by atoms with Gasteiger partial charge in [-0.2, -0.15) is 0 Å². The van der Waals surface area contributed by atoms with Crippen molar-refractivity contribution in [2.45, 2.75) is 45.6 Å². The van der Waals surface area contributed by atoms with Gasteiger partial charge in [0.15, 0.2) is 0 Å². The van der Waals surface area contributed by atoms with E-state index in [1.807, 2.05) is 0 Å². The second-order valence-corrected chi connectivity index (χ2v) is 5.76. The highest BCUT2D eigenvalue weighted by molar-refractivity contribution is 5.30. The summed E-state index contributed by atoms with van der Waals surface area (Å²) in [4.78, 5) is 2.53. The normalized spacial score (nSPS) is 18.8. The Balaban J connectivity index is 1.87. The van der Waals surface area contributed by atoms with Gasteiger partial charge >= 0.3 is 0 Å². The first kappa shape index (κ1) is 13.6. The van der Waals surface area contributed by atoms with Crippen LogP contribution >= 0.6 is 0 Å². The van der Waals surface area contributed by atoms with E-state index in [0.717, 1.165) is 13.0 Å². The van der Waals surface area contributed by atoms with Crippen LogP contribution in [0.5, 0.6) is 0 Å². The number of hydrogen-bond donors (Lipinski definition) is 1. The first-order valence-corrected chi connectivity index (χ1v) is 7.19. The molecule has 1 unspecified atom stereocenters. The van der Waals surface area contributed by atoms with Crippen LogP contribution in [0.2, 0.25) is 0 Å². The smallest absolute Gasteiger partial charge is 0.0208 e. The molecule has 1 heterocycles. The Hall–Kier alpha value is -0.860. The average Bonchev–Trinajstić information content (AvgIpc) is 2.34. The van der Waals surface area contributed by atoms with Crippen molar-refractivity contribution in [1.82, 2.24) is 4.90 Å². The summed E-state index contributed by atoms with van der Waals surface area (Å²) in [6.45, 7) is 7.86. The van der Waals surface area contributed by atoms with Crippen molar-refractivity contribution in [2.24, 2.45) is 5.73 Å². The van der Waals surface area contributed by atoms with Gasteiger partial charge < -0.3 is 10.6 Å². The Labute approximate surface area is 111 Å². The molecule has 1 aromatic carbocycles. The number of nitrogens with two attached hydrogens (primary N) is 1. The first-order valence-electron chi connectivity index (χ1n) is 7.19. The second kappa shape index (κ2) is 6.35. The fraction of sp³-hybridized carbons (Fsp3) is 0.625. The van der Waals surface area contributed by atoms with E-state index in [-0.39, 0.29) is 6.04 Å². The summed E-state index contributed by atoms with van der Waals surface area (Å²) < 4.78 is 0. The van der Waals surface area contributed by atoms with E-state index in [1.165, 1.54) is 49.0 Å². The van der Waals surface area contributed by atoms with Crippen LogP contribution in [-0.4, -0.2) is 30.6 Å². The van der Waals surface area contributed by atoms with E-state index in [4.69, 9.17) is 5.73 Å². The fourth-order valence-electron chi connectivity index (χ4n) is 2.90. The molecule has 2 heteroatoms. The molecule has 0 radical (unpaired) electrons. The molecule has 2 rings (SSSR count). The number of nitrogens with zero attached hydrogens (tertiary/aromatic N) is 1. The topological polar surface area (TPSA) is 29.3 Å². The van der Waals surface area contributed by atoms with Crippen LogP contribution in [0.3, 0.4) is 0 Å². The molecular weight excluding hydrogens is 220 g/mol. The minimum absolute atomic E-state index is 0.268. The van der Waals surface area contributed by atoms with Crippen LogP contribution in [0, 0.1) is 13.8 Å². The Morgan fingerprint density at radius 3 is 2.56 bits per heavy atom. The zero-order valence-corrected chi connectivity index (χ0v) is 11.8. The summed E-state index contributed by atoms with van der Waals surface area (Å²) in [5.74, 6) is 0. The van der Waals surface area contributed by atoms with E-state index in [1.54, 1.807) is 0 Å². The van der Waals surface area contributed by atoms with Gasteiger partial charge in [0.25, 0.3) is 0 Å². The lowest BCUT2D eigenvalue weighted by Gasteiger charge is -2.29. The predicted octanol–water partition coefficient (Wildman–Crippen LogP) is 2.66. The molecule has 0 aliphatic carbocycles. The molecule has 1 fully saturated rings. The van der Waals surface area contributed by atoms with Gasteiger partial charge in [-0.05, 0) is 57.3 Å². The van der Waals surface area contributed by atoms with Crippen LogP contribution in [-0.2, 0) is 6.42 Å². The molecule has 0 amide bonds. The van der Waals surface area contributed by atoms with E-state index in [2.05, 4.69) is 36.9 Å². The number of benzene rings is 1. The highest BCUT2D eigenvalue weighted by Crippen LogP contribution is 2.14. The summed E-state index contributed by atoms with van der Waals surface area (Å²) >= 11 is 0. The molecule has 1 aromatic rings. The summed E-state index contributed by atoms with van der Waals surface area (Å²) in [7, 11) is 0. The maximum absolute atomic E-state index is 6.30. The highest BCUT2D eigenvalue weighted by Gasteiger charge is 2.14. The Morgan fingerprint density at radius 1 is 1.17 bits per heavy atom. The molecule has 2 N–H and O–H groups in total. The third kappa shape index (κ3) is 3.82. The summed E-state index contributed by atoms with van der Waals surface area (Å²) in [6, 6.07) is 6.95. The van der Waals surface area contributed by atoms with Crippen molar-refractivity contribution in [2.75, 3.05) is 19.6 Å². The minimum Gasteiger partial charge on any atom is -0.326 e. The van der Waals surface area contributed by atoms with Crippen molar-refractivity contribution in [3.8, 4) is 0 Å². The second-order valence-electron chi connectivity index (χ2n) is 5.76. The number of likely N-dealkylation sites (tertiary alicyclic amines) is 1. The fourth-order valence-corrected chi connectivity index (χ4v) is 2.90. The Kier molecular flexibility index (Phi) is 4.79. The molecule has 1 aliphatic heterocycles. The average molecular weight is 246 g/mol. The van der Waals surface area contributed by atoms with Crippen LogP contribution in [0.15, 0.2) is 18.2 Å². The zero-order valence-electron chi connectivity index (χ0n) is 11.8. The molecule has 0 saturated carbocycles. The number of hydrogen-bond acceptors (Lipinski definition) is 2. The Morgan fingerprint density at radius 2 is 1.89 bits per heavy atom. The monoisotopic (exact) mass is 246 g/mol. The van der Waals surface area contributed by atoms with Crippen LogP contribution in [0.25, 0.3) is 0 Å². The lowest BCUT2D eigenvalue weighted by atomic mass is 9.99. The number of aryl methyl sites for hydroxylation is 2. The first-order chi connectivity index (χ1) is 8.65. The maximum atomic E-state index is 6.30. The molecule has 1 saturated heterocycles. The zero-order chi connectivity index (χ0) is 13.0. The Bertz CT molecular complexity index is 381. The SMILES string of the molecule is Cc1ccc(CC(N)CN2CCCCC2)c(C)c1. The van der Waals surface area contributed by atoms with Crippen LogP contribution in [0.1, 0.15) is 36.0 Å². The molecule has 18 heavy (non-hydrogen) atoms. The van der Waals surface area contributed by atoms with Gasteiger partial charge in [-0.15, -0.1) is 0 Å². The van der Waals surface area contributed by atoms with E-state index in [9.17, 15) is 0 Å².